The van der Waals surface area contributed by atoms with Gasteiger partial charge in [0.25, 0.3) is 0 Å². The monoisotopic (exact) mass is 229 g/mol. The molecule has 1 nitrogen and oxygen atoms in total. The zero-order valence-electron chi connectivity index (χ0n) is 9.31. The van der Waals surface area contributed by atoms with Crippen LogP contribution in [-0.4, -0.2) is 11.8 Å². The van der Waals surface area contributed by atoms with Gasteiger partial charge < -0.3 is 0 Å². The minimum absolute atomic E-state index is 0.459. The number of hydrogen-bond acceptors (Lipinski definition) is 2. The second-order valence-corrected chi connectivity index (χ2v) is 5.49. The summed E-state index contributed by atoms with van der Waals surface area (Å²) in [6.07, 6.45) is 0. The van der Waals surface area contributed by atoms with Gasteiger partial charge in [-0.3, -0.25) is 5.32 Å². The third kappa shape index (κ3) is 1.72. The molecule has 1 N–H and O–H groups in total. The van der Waals surface area contributed by atoms with Crippen molar-refractivity contribution < 1.29 is 0 Å². The van der Waals surface area contributed by atoms with Crippen LogP contribution < -0.4 is 5.32 Å². The van der Waals surface area contributed by atoms with Gasteiger partial charge in [0.1, 0.15) is 0 Å². The van der Waals surface area contributed by atoms with Crippen LogP contribution >= 0.6 is 11.8 Å². The van der Waals surface area contributed by atoms with Crippen molar-refractivity contribution in [2.24, 2.45) is 0 Å². The van der Waals surface area contributed by atoms with Crippen LogP contribution in [0.5, 0.6) is 0 Å². The van der Waals surface area contributed by atoms with Crippen LogP contribution in [0.1, 0.15) is 17.9 Å². The van der Waals surface area contributed by atoms with Crippen LogP contribution in [0.2, 0.25) is 0 Å². The standard InChI is InChI=1S/C14H15NS/c1-10-9-16-14(15-10)13-8-4-6-11-5-2-3-7-12(11)13/h2-8,10,14-15H,9H2,1H3. The molecule has 0 bridgehead atoms. The van der Waals surface area contributed by atoms with Crippen LogP contribution in [0.4, 0.5) is 0 Å². The van der Waals surface area contributed by atoms with Crippen LogP contribution in [0.15, 0.2) is 42.5 Å². The van der Waals surface area contributed by atoms with Gasteiger partial charge in [-0.1, -0.05) is 42.5 Å². The largest absolute Gasteiger partial charge is 0.298 e. The molecule has 1 fully saturated rings. The molecule has 1 heterocycles. The molecule has 2 aromatic carbocycles. The first kappa shape index (κ1) is 10.2. The molecule has 3 rings (SSSR count). The van der Waals surface area contributed by atoms with Gasteiger partial charge in [0.05, 0.1) is 5.37 Å². The highest BCUT2D eigenvalue weighted by molar-refractivity contribution is 7.99. The Morgan fingerprint density at radius 3 is 2.75 bits per heavy atom. The van der Waals surface area contributed by atoms with E-state index in [0.717, 1.165) is 0 Å². The van der Waals surface area contributed by atoms with Crippen molar-refractivity contribution in [1.82, 2.24) is 5.32 Å². The van der Waals surface area contributed by atoms with Crippen LogP contribution in [-0.2, 0) is 0 Å². The SMILES string of the molecule is CC1CSC(c2cccc3ccccc23)N1. The zero-order valence-corrected chi connectivity index (χ0v) is 10.1. The van der Waals surface area contributed by atoms with Gasteiger partial charge in [0.2, 0.25) is 0 Å². The Bertz CT molecular complexity index is 504. The van der Waals surface area contributed by atoms with Gasteiger partial charge in [-0.2, -0.15) is 0 Å². The van der Waals surface area contributed by atoms with E-state index in [4.69, 9.17) is 0 Å². The fraction of sp³-hybridized carbons (Fsp3) is 0.286. The number of benzene rings is 2. The minimum Gasteiger partial charge on any atom is -0.298 e. The summed E-state index contributed by atoms with van der Waals surface area (Å²) in [5.74, 6) is 1.20. The molecular formula is C14H15NS. The predicted molar refractivity (Wildman–Crippen MR) is 71.7 cm³/mol. The number of fused-ring (bicyclic) bond motifs is 1. The maximum Gasteiger partial charge on any atom is 0.0798 e. The number of rotatable bonds is 1. The van der Waals surface area contributed by atoms with Gasteiger partial charge in [-0.25, -0.2) is 0 Å². The van der Waals surface area contributed by atoms with E-state index in [1.54, 1.807) is 0 Å². The maximum absolute atomic E-state index is 3.63. The first-order valence-electron chi connectivity index (χ1n) is 5.70. The summed E-state index contributed by atoms with van der Waals surface area (Å²) in [5, 5.41) is 6.80. The summed E-state index contributed by atoms with van der Waals surface area (Å²) in [6.45, 7) is 2.25. The van der Waals surface area contributed by atoms with Crippen molar-refractivity contribution in [2.45, 2.75) is 18.3 Å². The second-order valence-electron chi connectivity index (χ2n) is 4.35. The summed E-state index contributed by atoms with van der Waals surface area (Å²) in [5.41, 5.74) is 1.42. The average molecular weight is 229 g/mol. The molecule has 1 aliphatic rings. The number of hydrogen-bond donors (Lipinski definition) is 1. The van der Waals surface area contributed by atoms with E-state index in [1.165, 1.54) is 22.1 Å². The number of thioether (sulfide) groups is 1. The molecule has 0 aliphatic carbocycles. The third-order valence-corrected chi connectivity index (χ3v) is 4.47. The Kier molecular flexibility index (Phi) is 2.62. The topological polar surface area (TPSA) is 12.0 Å². The summed E-state index contributed by atoms with van der Waals surface area (Å²) < 4.78 is 0. The Morgan fingerprint density at radius 2 is 1.94 bits per heavy atom. The zero-order chi connectivity index (χ0) is 11.0. The molecule has 16 heavy (non-hydrogen) atoms. The summed E-state index contributed by atoms with van der Waals surface area (Å²) in [6, 6.07) is 15.8. The van der Waals surface area contributed by atoms with E-state index in [0.29, 0.717) is 11.4 Å². The molecule has 2 aromatic rings. The molecule has 0 aromatic heterocycles. The van der Waals surface area contributed by atoms with Gasteiger partial charge in [-0.15, -0.1) is 11.8 Å². The van der Waals surface area contributed by atoms with Gasteiger partial charge in [0.15, 0.2) is 0 Å². The lowest BCUT2D eigenvalue weighted by Gasteiger charge is -2.14. The fourth-order valence-corrected chi connectivity index (χ4v) is 3.54. The quantitative estimate of drug-likeness (QED) is 0.802. The Morgan fingerprint density at radius 1 is 1.12 bits per heavy atom. The van der Waals surface area contributed by atoms with Crippen LogP contribution in [0.25, 0.3) is 10.8 Å². The average Bonchev–Trinajstić information content (AvgIpc) is 2.75. The molecule has 0 amide bonds. The van der Waals surface area contributed by atoms with E-state index in [-0.39, 0.29) is 0 Å². The van der Waals surface area contributed by atoms with Crippen molar-refractivity contribution in [3.8, 4) is 0 Å². The van der Waals surface area contributed by atoms with E-state index < -0.39 is 0 Å². The van der Waals surface area contributed by atoms with E-state index >= 15 is 0 Å². The van der Waals surface area contributed by atoms with Gasteiger partial charge in [-0.05, 0) is 23.3 Å². The smallest absolute Gasteiger partial charge is 0.0798 e. The lowest BCUT2D eigenvalue weighted by molar-refractivity contribution is 0.620. The predicted octanol–water partition coefficient (Wildman–Crippen LogP) is 3.56. The maximum atomic E-state index is 3.63. The molecule has 2 unspecified atom stereocenters. The molecule has 0 radical (unpaired) electrons. The Hall–Kier alpha value is -0.990. The van der Waals surface area contributed by atoms with E-state index in [2.05, 4.69) is 54.7 Å². The molecule has 1 saturated heterocycles. The lowest BCUT2D eigenvalue weighted by Crippen LogP contribution is -2.21. The molecular weight excluding hydrogens is 214 g/mol. The number of nitrogens with one attached hydrogen (secondary N) is 1. The molecule has 0 saturated carbocycles. The highest BCUT2D eigenvalue weighted by Crippen LogP contribution is 2.36. The summed E-state index contributed by atoms with van der Waals surface area (Å²) in [4.78, 5) is 0. The lowest BCUT2D eigenvalue weighted by atomic mass is 10.0. The van der Waals surface area contributed by atoms with Crippen molar-refractivity contribution in [2.75, 3.05) is 5.75 Å². The molecule has 82 valence electrons. The van der Waals surface area contributed by atoms with Crippen molar-refractivity contribution in [3.05, 3.63) is 48.0 Å². The highest BCUT2D eigenvalue weighted by Gasteiger charge is 2.23. The summed E-state index contributed by atoms with van der Waals surface area (Å²) >= 11 is 2.01. The molecule has 0 spiro atoms. The first-order chi connectivity index (χ1) is 7.84. The molecule has 1 aliphatic heterocycles. The molecule has 2 heteroatoms. The Labute approximate surface area is 100 Å². The van der Waals surface area contributed by atoms with Gasteiger partial charge in [0, 0.05) is 11.8 Å². The minimum atomic E-state index is 0.459. The molecule has 2 atom stereocenters. The van der Waals surface area contributed by atoms with Crippen LogP contribution in [0, 0.1) is 0 Å². The van der Waals surface area contributed by atoms with Crippen molar-refractivity contribution >= 4 is 22.5 Å². The summed E-state index contributed by atoms with van der Waals surface area (Å²) in [7, 11) is 0. The van der Waals surface area contributed by atoms with Crippen molar-refractivity contribution in [1.29, 1.82) is 0 Å². The Balaban J connectivity index is 2.09. The van der Waals surface area contributed by atoms with E-state index in [9.17, 15) is 0 Å². The fourth-order valence-electron chi connectivity index (χ4n) is 2.25. The van der Waals surface area contributed by atoms with E-state index in [1.807, 2.05) is 11.8 Å². The second kappa shape index (κ2) is 4.11. The third-order valence-electron chi connectivity index (χ3n) is 3.05. The normalized spacial score (nSPS) is 25.1. The van der Waals surface area contributed by atoms with Gasteiger partial charge >= 0.3 is 0 Å². The van der Waals surface area contributed by atoms with Crippen molar-refractivity contribution in [3.63, 3.8) is 0 Å². The van der Waals surface area contributed by atoms with Crippen LogP contribution in [0.3, 0.4) is 0 Å². The first-order valence-corrected chi connectivity index (χ1v) is 6.75. The highest BCUT2D eigenvalue weighted by atomic mass is 32.2.